The van der Waals surface area contributed by atoms with Crippen LogP contribution in [0.15, 0.2) is 48.7 Å². The lowest BCUT2D eigenvalue weighted by molar-refractivity contribution is -0.137. The van der Waals surface area contributed by atoms with Crippen LogP contribution in [0.1, 0.15) is 33.4 Å². The van der Waals surface area contributed by atoms with E-state index in [0.717, 1.165) is 12.1 Å². The van der Waals surface area contributed by atoms with E-state index >= 15 is 0 Å². The Morgan fingerprint density at radius 1 is 1.15 bits per heavy atom. The van der Waals surface area contributed by atoms with Gasteiger partial charge in [-0.2, -0.15) is 13.2 Å². The molecule has 33 heavy (non-hydrogen) atoms. The van der Waals surface area contributed by atoms with Crippen molar-refractivity contribution in [1.82, 2.24) is 19.3 Å². The number of carbonyl (C=O) groups is 1. The standard InChI is InChI=1S/C23H20F3N5O2/c1-13-28-11-19-21(27)29-17-7-4-15(10-18(17)31(13)19)22(32)30-8-9-33-12-20(30)14-2-5-16(6-3-14)23(24,25)26/h2-7,10-11,20H,8-9,12H2,1H3,(H2,27,29). The zero-order valence-electron chi connectivity index (χ0n) is 17.6. The first-order valence-corrected chi connectivity index (χ1v) is 10.3. The number of hydrogen-bond donors (Lipinski definition) is 1. The first-order valence-electron chi connectivity index (χ1n) is 10.3. The van der Waals surface area contributed by atoms with E-state index in [9.17, 15) is 18.0 Å². The molecule has 1 unspecified atom stereocenters. The Balaban J connectivity index is 1.52. The third-order valence-electron chi connectivity index (χ3n) is 5.92. The Bertz CT molecular complexity index is 1360. The molecule has 3 heterocycles. The number of alkyl halides is 3. The van der Waals surface area contributed by atoms with E-state index < -0.39 is 17.8 Å². The van der Waals surface area contributed by atoms with E-state index in [1.807, 2.05) is 11.3 Å². The van der Waals surface area contributed by atoms with Gasteiger partial charge in [0, 0.05) is 12.1 Å². The first kappa shape index (κ1) is 21.2. The number of nitrogen functional groups attached to an aromatic ring is 1. The number of morpholine rings is 1. The predicted molar refractivity (Wildman–Crippen MR) is 116 cm³/mol. The molecule has 2 aromatic carbocycles. The fraction of sp³-hybridized carbons (Fsp3) is 0.261. The molecule has 1 aliphatic heterocycles. The molecule has 1 aliphatic rings. The smallest absolute Gasteiger partial charge is 0.382 e. The second-order valence-corrected chi connectivity index (χ2v) is 7.94. The second-order valence-electron chi connectivity index (χ2n) is 7.94. The molecule has 0 aliphatic carbocycles. The van der Waals surface area contributed by atoms with Crippen LogP contribution in [0.2, 0.25) is 0 Å². The Morgan fingerprint density at radius 3 is 2.64 bits per heavy atom. The lowest BCUT2D eigenvalue weighted by atomic mass is 10.0. The number of hydrogen-bond acceptors (Lipinski definition) is 5. The molecule has 0 bridgehead atoms. The van der Waals surface area contributed by atoms with Crippen molar-refractivity contribution in [2.24, 2.45) is 0 Å². The number of amides is 1. The van der Waals surface area contributed by atoms with Gasteiger partial charge in [-0.25, -0.2) is 9.97 Å². The number of imidazole rings is 1. The molecule has 10 heteroatoms. The molecule has 1 atom stereocenters. The predicted octanol–water partition coefficient (Wildman–Crippen LogP) is 4.01. The Morgan fingerprint density at radius 2 is 1.91 bits per heavy atom. The van der Waals surface area contributed by atoms with Gasteiger partial charge in [0.25, 0.3) is 5.91 Å². The maximum absolute atomic E-state index is 13.5. The van der Waals surface area contributed by atoms with Gasteiger partial charge in [-0.3, -0.25) is 9.20 Å². The summed E-state index contributed by atoms with van der Waals surface area (Å²) in [5, 5.41) is 0. The van der Waals surface area contributed by atoms with Crippen LogP contribution in [0.5, 0.6) is 0 Å². The van der Waals surface area contributed by atoms with Crippen LogP contribution in [0.4, 0.5) is 19.0 Å². The topological polar surface area (TPSA) is 85.8 Å². The summed E-state index contributed by atoms with van der Waals surface area (Å²) < 4.78 is 46.2. The van der Waals surface area contributed by atoms with Crippen LogP contribution in [-0.2, 0) is 10.9 Å². The van der Waals surface area contributed by atoms with Gasteiger partial charge >= 0.3 is 6.18 Å². The van der Waals surface area contributed by atoms with Crippen molar-refractivity contribution in [2.75, 3.05) is 25.5 Å². The third kappa shape index (κ3) is 3.66. The molecular formula is C23H20F3N5O2. The van der Waals surface area contributed by atoms with Crippen LogP contribution in [0.25, 0.3) is 16.6 Å². The number of nitrogens with zero attached hydrogens (tertiary/aromatic N) is 4. The quantitative estimate of drug-likeness (QED) is 0.494. The summed E-state index contributed by atoms with van der Waals surface area (Å²) in [6.45, 7) is 2.71. The number of fused-ring (bicyclic) bond motifs is 3. The van der Waals surface area contributed by atoms with Crippen LogP contribution in [-0.4, -0.2) is 44.9 Å². The summed E-state index contributed by atoms with van der Waals surface area (Å²) in [4.78, 5) is 23.8. The Labute approximate surface area is 186 Å². The summed E-state index contributed by atoms with van der Waals surface area (Å²) in [5.74, 6) is 0.813. The molecule has 2 N–H and O–H groups in total. The van der Waals surface area contributed by atoms with Gasteiger partial charge in [0.2, 0.25) is 0 Å². The largest absolute Gasteiger partial charge is 0.416 e. The van der Waals surface area contributed by atoms with Crippen LogP contribution in [0, 0.1) is 6.92 Å². The molecular weight excluding hydrogens is 435 g/mol. The first-order chi connectivity index (χ1) is 15.7. The molecule has 2 aromatic heterocycles. The Hall–Kier alpha value is -3.66. The maximum atomic E-state index is 13.5. The van der Waals surface area contributed by atoms with Gasteiger partial charge in [0.1, 0.15) is 17.2 Å². The summed E-state index contributed by atoms with van der Waals surface area (Å²) in [6, 6.07) is 9.49. The van der Waals surface area contributed by atoms with Gasteiger partial charge in [-0.15, -0.1) is 0 Å². The number of aromatic nitrogens is 3. The minimum atomic E-state index is -4.42. The molecule has 7 nitrogen and oxygen atoms in total. The van der Waals surface area contributed by atoms with Gasteiger partial charge in [0.15, 0.2) is 0 Å². The molecule has 170 valence electrons. The highest BCUT2D eigenvalue weighted by Gasteiger charge is 2.33. The number of benzene rings is 2. The third-order valence-corrected chi connectivity index (χ3v) is 5.92. The van der Waals surface area contributed by atoms with E-state index in [4.69, 9.17) is 10.5 Å². The second kappa shape index (κ2) is 7.73. The molecule has 1 fully saturated rings. The lowest BCUT2D eigenvalue weighted by Crippen LogP contribution is -2.43. The van der Waals surface area contributed by atoms with E-state index in [1.165, 1.54) is 12.1 Å². The fourth-order valence-corrected chi connectivity index (χ4v) is 4.23. The lowest BCUT2D eigenvalue weighted by Gasteiger charge is -2.36. The number of nitrogens with two attached hydrogens (primary N) is 1. The van der Waals surface area contributed by atoms with E-state index in [0.29, 0.717) is 52.5 Å². The number of rotatable bonds is 2. The molecule has 1 amide bonds. The van der Waals surface area contributed by atoms with Gasteiger partial charge in [0.05, 0.1) is 42.0 Å². The zero-order valence-corrected chi connectivity index (χ0v) is 17.6. The highest BCUT2D eigenvalue weighted by atomic mass is 19.4. The molecule has 0 radical (unpaired) electrons. The molecule has 0 spiro atoms. The highest BCUT2D eigenvalue weighted by molar-refractivity contribution is 5.98. The van der Waals surface area contributed by atoms with Crippen molar-refractivity contribution >= 4 is 28.3 Å². The summed E-state index contributed by atoms with van der Waals surface area (Å²) in [5.41, 5.74) is 8.29. The monoisotopic (exact) mass is 455 g/mol. The molecule has 4 aromatic rings. The normalized spacial score (nSPS) is 17.1. The molecule has 1 saturated heterocycles. The van der Waals surface area contributed by atoms with Crippen molar-refractivity contribution in [3.63, 3.8) is 0 Å². The Kier molecular flexibility index (Phi) is 4.97. The van der Waals surface area contributed by atoms with Crippen molar-refractivity contribution in [1.29, 1.82) is 0 Å². The number of aryl methyl sites for hydroxylation is 1. The van der Waals surface area contributed by atoms with Gasteiger partial charge in [-0.1, -0.05) is 12.1 Å². The zero-order chi connectivity index (χ0) is 23.3. The van der Waals surface area contributed by atoms with Crippen molar-refractivity contribution in [3.05, 3.63) is 71.2 Å². The summed E-state index contributed by atoms with van der Waals surface area (Å²) in [7, 11) is 0. The number of ether oxygens (including phenoxy) is 1. The highest BCUT2D eigenvalue weighted by Crippen LogP contribution is 2.32. The van der Waals surface area contributed by atoms with Crippen LogP contribution in [0.3, 0.4) is 0 Å². The summed E-state index contributed by atoms with van der Waals surface area (Å²) in [6.07, 6.45) is -2.79. The molecule has 0 saturated carbocycles. The average molecular weight is 455 g/mol. The minimum absolute atomic E-state index is 0.202. The fourth-order valence-electron chi connectivity index (χ4n) is 4.23. The van der Waals surface area contributed by atoms with Gasteiger partial charge < -0.3 is 15.4 Å². The van der Waals surface area contributed by atoms with Crippen LogP contribution < -0.4 is 5.73 Å². The number of anilines is 1. The van der Waals surface area contributed by atoms with Crippen molar-refractivity contribution in [2.45, 2.75) is 19.1 Å². The summed E-state index contributed by atoms with van der Waals surface area (Å²) >= 11 is 0. The minimum Gasteiger partial charge on any atom is -0.382 e. The van der Waals surface area contributed by atoms with Gasteiger partial charge in [-0.05, 0) is 42.8 Å². The van der Waals surface area contributed by atoms with E-state index in [-0.39, 0.29) is 12.5 Å². The van der Waals surface area contributed by atoms with Crippen molar-refractivity contribution < 1.29 is 22.7 Å². The van der Waals surface area contributed by atoms with Crippen molar-refractivity contribution in [3.8, 4) is 0 Å². The van der Waals surface area contributed by atoms with E-state index in [1.54, 1.807) is 29.3 Å². The van der Waals surface area contributed by atoms with Crippen LogP contribution >= 0.6 is 0 Å². The SMILES string of the molecule is Cc1ncc2c(N)nc3ccc(C(=O)N4CCOCC4c4ccc(C(F)(F)F)cc4)cc3n12. The number of carbonyl (C=O) groups excluding carboxylic acids is 1. The molecule has 5 rings (SSSR count). The number of halogens is 3. The van der Waals surface area contributed by atoms with E-state index in [2.05, 4.69) is 9.97 Å². The maximum Gasteiger partial charge on any atom is 0.416 e. The average Bonchev–Trinajstić information content (AvgIpc) is 3.20.